The molecule has 0 radical (unpaired) electrons. The maximum atomic E-state index is 5.56. The summed E-state index contributed by atoms with van der Waals surface area (Å²) in [7, 11) is 3.90. The lowest BCUT2D eigenvalue weighted by molar-refractivity contribution is 0.417. The third-order valence-electron chi connectivity index (χ3n) is 3.93. The Morgan fingerprint density at radius 1 is 1.33 bits per heavy atom. The molecule has 3 heteroatoms. The first-order valence-electron chi connectivity index (χ1n) is 6.58. The molecule has 1 N–H and O–H groups in total. The van der Waals surface area contributed by atoms with E-state index in [4.69, 9.17) is 4.74 Å². The van der Waals surface area contributed by atoms with E-state index < -0.39 is 0 Å². The van der Waals surface area contributed by atoms with Gasteiger partial charge in [-0.25, -0.2) is 0 Å². The van der Waals surface area contributed by atoms with E-state index in [0.29, 0.717) is 0 Å². The first-order valence-corrected chi connectivity index (χ1v) is 6.58. The summed E-state index contributed by atoms with van der Waals surface area (Å²) in [6, 6.07) is 4.41. The van der Waals surface area contributed by atoms with Crippen LogP contribution in [-0.4, -0.2) is 18.2 Å². The van der Waals surface area contributed by atoms with Crippen molar-refractivity contribution in [2.24, 2.45) is 7.05 Å². The van der Waals surface area contributed by atoms with Gasteiger partial charge in [0.2, 0.25) is 0 Å². The van der Waals surface area contributed by atoms with Crippen LogP contribution >= 0.6 is 0 Å². The van der Waals surface area contributed by atoms with Crippen LogP contribution in [-0.2, 0) is 20.0 Å². The molecule has 0 bridgehead atoms. The average Bonchev–Trinajstić information content (AvgIpc) is 2.57. The number of nitrogens with zero attached hydrogens (tertiary/aromatic N) is 1. The van der Waals surface area contributed by atoms with Gasteiger partial charge in [0.25, 0.3) is 0 Å². The smallest absolute Gasteiger partial charge is 0.143 e. The highest BCUT2D eigenvalue weighted by atomic mass is 16.5. The number of rotatable bonds is 1. The molecule has 3 rings (SSSR count). The second kappa shape index (κ2) is 4.32. The zero-order chi connectivity index (χ0) is 12.7. The van der Waals surface area contributed by atoms with Gasteiger partial charge in [-0.2, -0.15) is 0 Å². The number of aryl methyl sites for hydroxylation is 3. The van der Waals surface area contributed by atoms with Gasteiger partial charge in [-0.1, -0.05) is 0 Å². The van der Waals surface area contributed by atoms with Gasteiger partial charge in [-0.05, 0) is 49.6 Å². The quantitative estimate of drug-likeness (QED) is 0.834. The number of nitrogens with one attached hydrogen (secondary N) is 1. The van der Waals surface area contributed by atoms with Crippen LogP contribution in [0, 0.1) is 6.92 Å². The first kappa shape index (κ1) is 11.6. The molecular formula is C15H20N2O. The standard InChI is InChI=1S/C15H20N2O/c1-10-7-12-11-5-4-6-16-9-13(11)17(2)15(12)14(8-10)18-3/h7-8,16H,4-6,9H2,1-3H3. The Labute approximate surface area is 108 Å². The first-order chi connectivity index (χ1) is 8.72. The number of methoxy groups -OCH3 is 1. The van der Waals surface area contributed by atoms with Crippen LogP contribution < -0.4 is 10.1 Å². The summed E-state index contributed by atoms with van der Waals surface area (Å²) in [5, 5.41) is 4.86. The molecule has 96 valence electrons. The van der Waals surface area contributed by atoms with Crippen molar-refractivity contribution in [2.45, 2.75) is 26.3 Å². The molecule has 3 nitrogen and oxygen atoms in total. The summed E-state index contributed by atoms with van der Waals surface area (Å²) in [5.41, 5.74) is 5.41. The van der Waals surface area contributed by atoms with Crippen LogP contribution in [0.3, 0.4) is 0 Å². The zero-order valence-corrected chi connectivity index (χ0v) is 11.3. The molecule has 0 amide bonds. The number of ether oxygens (including phenoxy) is 1. The molecule has 2 heterocycles. The third-order valence-corrected chi connectivity index (χ3v) is 3.93. The SMILES string of the molecule is COc1cc(C)cc2c3c(n(C)c12)CNCCC3. The lowest BCUT2D eigenvalue weighted by Crippen LogP contribution is -2.14. The third kappa shape index (κ3) is 1.62. The van der Waals surface area contributed by atoms with E-state index in [2.05, 4.69) is 36.0 Å². The van der Waals surface area contributed by atoms with Gasteiger partial charge in [0, 0.05) is 24.7 Å². The molecule has 0 saturated carbocycles. The van der Waals surface area contributed by atoms with E-state index >= 15 is 0 Å². The lowest BCUT2D eigenvalue weighted by atomic mass is 10.0. The fraction of sp³-hybridized carbons (Fsp3) is 0.467. The molecule has 1 aromatic heterocycles. The van der Waals surface area contributed by atoms with Gasteiger partial charge in [0.1, 0.15) is 5.75 Å². The molecule has 0 spiro atoms. The van der Waals surface area contributed by atoms with Crippen molar-refractivity contribution in [3.8, 4) is 5.75 Å². The minimum Gasteiger partial charge on any atom is -0.495 e. The van der Waals surface area contributed by atoms with E-state index in [1.807, 2.05) is 0 Å². The van der Waals surface area contributed by atoms with Crippen molar-refractivity contribution in [1.29, 1.82) is 0 Å². The van der Waals surface area contributed by atoms with Crippen molar-refractivity contribution in [1.82, 2.24) is 9.88 Å². The largest absolute Gasteiger partial charge is 0.495 e. The minimum absolute atomic E-state index is 0.961. The Morgan fingerprint density at radius 2 is 2.17 bits per heavy atom. The predicted molar refractivity (Wildman–Crippen MR) is 74.2 cm³/mol. The zero-order valence-electron chi connectivity index (χ0n) is 11.3. The minimum atomic E-state index is 0.961. The van der Waals surface area contributed by atoms with Gasteiger partial charge >= 0.3 is 0 Å². The van der Waals surface area contributed by atoms with E-state index in [9.17, 15) is 0 Å². The molecule has 18 heavy (non-hydrogen) atoms. The molecule has 1 aliphatic rings. The molecule has 0 saturated heterocycles. The van der Waals surface area contributed by atoms with Crippen molar-refractivity contribution >= 4 is 10.9 Å². The van der Waals surface area contributed by atoms with Gasteiger partial charge in [-0.3, -0.25) is 0 Å². The molecule has 0 aliphatic carbocycles. The predicted octanol–water partition coefficient (Wildman–Crippen LogP) is 2.53. The second-order valence-electron chi connectivity index (χ2n) is 5.13. The fourth-order valence-corrected chi connectivity index (χ4v) is 3.07. The maximum Gasteiger partial charge on any atom is 0.143 e. The normalized spacial score (nSPS) is 15.5. The summed E-state index contributed by atoms with van der Waals surface area (Å²) in [4.78, 5) is 0. The van der Waals surface area contributed by atoms with Gasteiger partial charge in [-0.15, -0.1) is 0 Å². The fourth-order valence-electron chi connectivity index (χ4n) is 3.07. The highest BCUT2D eigenvalue weighted by Gasteiger charge is 2.19. The molecule has 0 unspecified atom stereocenters. The number of hydrogen-bond acceptors (Lipinski definition) is 2. The number of benzene rings is 1. The molecule has 1 aromatic carbocycles. The summed E-state index contributed by atoms with van der Waals surface area (Å²) in [6.45, 7) is 4.21. The Kier molecular flexibility index (Phi) is 2.78. The van der Waals surface area contributed by atoms with Gasteiger partial charge in [0.05, 0.1) is 12.6 Å². The van der Waals surface area contributed by atoms with Gasteiger partial charge < -0.3 is 14.6 Å². The monoisotopic (exact) mass is 244 g/mol. The van der Waals surface area contributed by atoms with E-state index in [1.165, 1.54) is 34.1 Å². The maximum absolute atomic E-state index is 5.56. The van der Waals surface area contributed by atoms with Crippen LogP contribution in [0.2, 0.25) is 0 Å². The molecule has 0 fully saturated rings. The van der Waals surface area contributed by atoms with Crippen molar-refractivity contribution in [3.63, 3.8) is 0 Å². The van der Waals surface area contributed by atoms with Crippen LogP contribution in [0.25, 0.3) is 10.9 Å². The second-order valence-corrected chi connectivity index (χ2v) is 5.13. The number of aromatic nitrogens is 1. The molecular weight excluding hydrogens is 224 g/mol. The van der Waals surface area contributed by atoms with Crippen LogP contribution in [0.15, 0.2) is 12.1 Å². The highest BCUT2D eigenvalue weighted by Crippen LogP contribution is 2.34. The summed E-state index contributed by atoms with van der Waals surface area (Å²) >= 11 is 0. The Morgan fingerprint density at radius 3 is 2.94 bits per heavy atom. The molecule has 0 atom stereocenters. The lowest BCUT2D eigenvalue weighted by Gasteiger charge is -2.08. The number of hydrogen-bond donors (Lipinski definition) is 1. The van der Waals surface area contributed by atoms with Crippen LogP contribution in [0.1, 0.15) is 23.2 Å². The van der Waals surface area contributed by atoms with Crippen LogP contribution in [0.4, 0.5) is 0 Å². The Balaban J connectivity index is 2.36. The average molecular weight is 244 g/mol. The number of fused-ring (bicyclic) bond motifs is 3. The molecule has 2 aromatic rings. The van der Waals surface area contributed by atoms with E-state index in [0.717, 1.165) is 25.3 Å². The van der Waals surface area contributed by atoms with Crippen molar-refractivity contribution in [3.05, 3.63) is 29.0 Å². The Hall–Kier alpha value is -1.48. The summed E-state index contributed by atoms with van der Waals surface area (Å²) in [6.07, 6.45) is 2.37. The molecule has 1 aliphatic heterocycles. The highest BCUT2D eigenvalue weighted by molar-refractivity contribution is 5.91. The van der Waals surface area contributed by atoms with Gasteiger partial charge in [0.15, 0.2) is 0 Å². The van der Waals surface area contributed by atoms with E-state index in [1.54, 1.807) is 7.11 Å². The topological polar surface area (TPSA) is 26.2 Å². The van der Waals surface area contributed by atoms with Crippen molar-refractivity contribution in [2.75, 3.05) is 13.7 Å². The van der Waals surface area contributed by atoms with Crippen LogP contribution in [0.5, 0.6) is 5.75 Å². The summed E-state index contributed by atoms with van der Waals surface area (Å²) < 4.78 is 7.85. The van der Waals surface area contributed by atoms with E-state index in [-0.39, 0.29) is 0 Å². The summed E-state index contributed by atoms with van der Waals surface area (Å²) in [5.74, 6) is 0.987. The van der Waals surface area contributed by atoms with Crippen molar-refractivity contribution < 1.29 is 4.74 Å². The Bertz CT molecular complexity index is 598.